The van der Waals surface area contributed by atoms with Gasteiger partial charge in [0.05, 0.1) is 30.9 Å². The van der Waals surface area contributed by atoms with E-state index in [1.54, 1.807) is 49.4 Å². The Morgan fingerprint density at radius 1 is 0.968 bits per heavy atom. The summed E-state index contributed by atoms with van der Waals surface area (Å²) in [6.45, 7) is 0.606. The van der Waals surface area contributed by atoms with Crippen molar-refractivity contribution < 1.29 is 77.2 Å². The number of nitrogens with one attached hydrogen (secondary N) is 2. The van der Waals surface area contributed by atoms with E-state index >= 15 is 0 Å². The highest BCUT2D eigenvalue weighted by Gasteiger charge is 2.69. The number of aromatic nitrogens is 4. The molecule has 6 heterocycles. The van der Waals surface area contributed by atoms with Gasteiger partial charge >= 0.3 is 6.03 Å². The number of amides is 3. The number of hydrogen-bond donors (Lipinski definition) is 9. The molecule has 0 radical (unpaired) electrons. The number of anilines is 3. The molecule has 3 amide bonds. The normalized spacial score (nSPS) is 30.1. The Morgan fingerprint density at radius 3 is 2.37 bits per heavy atom. The molecule has 25 nitrogen and oxygen atoms in total. The van der Waals surface area contributed by atoms with Gasteiger partial charge in [0.2, 0.25) is 0 Å². The van der Waals surface area contributed by atoms with Crippen LogP contribution in [0, 0.1) is 13.8 Å². The number of urea groups is 1. The smallest absolute Gasteiger partial charge is 0.323 e. The van der Waals surface area contributed by atoms with Crippen molar-refractivity contribution in [3.05, 3.63) is 71.8 Å². The third-order valence-electron chi connectivity index (χ3n) is 11.8. The number of aliphatic hydroxyl groups excluding tert-OH is 6. The van der Waals surface area contributed by atoms with E-state index in [9.17, 15) is 59.1 Å². The summed E-state index contributed by atoms with van der Waals surface area (Å²) >= 11 is 0. The van der Waals surface area contributed by atoms with Gasteiger partial charge in [-0.15, -0.1) is 0 Å². The van der Waals surface area contributed by atoms with E-state index in [0.717, 1.165) is 17.5 Å². The molecule has 0 aliphatic carbocycles. The number of carbonyl (C=O) groups is 2. The molecule has 340 valence electrons. The lowest BCUT2D eigenvalue weighted by molar-refractivity contribution is -0.247. The van der Waals surface area contributed by atoms with Crippen LogP contribution < -0.4 is 36.0 Å². The van der Waals surface area contributed by atoms with Gasteiger partial charge in [-0.05, 0) is 42.7 Å². The van der Waals surface area contributed by atoms with Gasteiger partial charge in [-0.3, -0.25) is 23.8 Å². The monoisotopic (exact) mass is 919 g/mol. The van der Waals surface area contributed by atoms with Crippen LogP contribution in [0.15, 0.2) is 55.1 Å². The number of ether oxygens (including phenoxy) is 1. The quantitative estimate of drug-likeness (QED) is 0.0588. The standard InChI is InChI=1S/C36H45N9O16P2/c1-16-8-20-21(9-17(16)2)45-25(48)10-19(18-6-4-3-5-7-18)36(45)33(41-35(53)42-34(36)52)43(20)11-22(46)27(49)23(47)12-58-62(54,55)61-63(56,57)59-13-24-28(50)29(51)32(60-24)44-15-40-26-30(37)38-14-39-31(26)44/h3-9,14-15,19,22-25,27-29,32-33,46-51H,10-13H2,1-2H3,(H,54,55)(H,56,57)(H2,37,38,39)(H2,41,42,52,53)/p-2/t19-,22+,23-,24-,25-,27+,28-,29-,32-,33?,36+/m1/s1. The summed E-state index contributed by atoms with van der Waals surface area (Å²) in [7, 11) is -11.8. The first-order valence-corrected chi connectivity index (χ1v) is 22.3. The van der Waals surface area contributed by atoms with Gasteiger partial charge in [0, 0.05) is 18.9 Å². The fourth-order valence-electron chi connectivity index (χ4n) is 8.72. The van der Waals surface area contributed by atoms with Crippen LogP contribution in [0.1, 0.15) is 35.3 Å². The number of nitrogens with zero attached hydrogens (tertiary/aromatic N) is 6. The van der Waals surface area contributed by atoms with E-state index in [1.807, 2.05) is 6.92 Å². The summed E-state index contributed by atoms with van der Waals surface area (Å²) in [4.78, 5) is 67.3. The van der Waals surface area contributed by atoms with Gasteiger partial charge in [-0.2, -0.15) is 0 Å². The van der Waals surface area contributed by atoms with E-state index in [-0.39, 0.29) is 23.4 Å². The average Bonchev–Trinajstić information content (AvgIpc) is 3.89. The van der Waals surface area contributed by atoms with E-state index in [1.165, 1.54) is 20.7 Å². The van der Waals surface area contributed by atoms with Crippen LogP contribution in [0.3, 0.4) is 0 Å². The van der Waals surface area contributed by atoms with Crippen LogP contribution in [0.5, 0.6) is 0 Å². The van der Waals surface area contributed by atoms with Crippen molar-refractivity contribution in [1.29, 1.82) is 0 Å². The number of aliphatic hydroxyl groups is 6. The number of benzene rings is 2. The Morgan fingerprint density at radius 2 is 1.65 bits per heavy atom. The number of phosphoric ester groups is 2. The predicted molar refractivity (Wildman–Crippen MR) is 211 cm³/mol. The molecule has 3 saturated heterocycles. The van der Waals surface area contributed by atoms with Crippen molar-refractivity contribution in [2.45, 2.75) is 87.0 Å². The van der Waals surface area contributed by atoms with E-state index in [4.69, 9.17) is 10.5 Å². The maximum absolute atomic E-state index is 14.2. The number of nitrogens with two attached hydrogens (primary N) is 1. The summed E-state index contributed by atoms with van der Waals surface area (Å²) in [5.74, 6) is -1.47. The zero-order chi connectivity index (χ0) is 45.3. The number of imide groups is 1. The number of β-amino-alcohol motifs (C(OH)–C–C–N with tert-alkyl or cyclic N) is 1. The van der Waals surface area contributed by atoms with Crippen molar-refractivity contribution in [2.75, 3.05) is 35.3 Å². The highest BCUT2D eigenvalue weighted by atomic mass is 31.3. The molecule has 4 aliphatic heterocycles. The molecule has 13 atom stereocenters. The Labute approximate surface area is 356 Å². The lowest BCUT2D eigenvalue weighted by Gasteiger charge is -2.58. The van der Waals surface area contributed by atoms with Gasteiger partial charge < -0.3 is 75.1 Å². The first-order chi connectivity index (χ1) is 29.7. The molecule has 3 unspecified atom stereocenters. The van der Waals surface area contributed by atoms with E-state index < -0.39 is 114 Å². The number of phosphoric acid groups is 2. The Bertz CT molecular complexity index is 2510. The second kappa shape index (κ2) is 16.7. The summed E-state index contributed by atoms with van der Waals surface area (Å²) in [5, 5.41) is 71.2. The van der Waals surface area contributed by atoms with Crippen LogP contribution in [0.25, 0.3) is 11.2 Å². The zero-order valence-electron chi connectivity index (χ0n) is 33.2. The average molecular weight is 920 g/mol. The Balaban J connectivity index is 0.940. The molecule has 0 saturated carbocycles. The summed E-state index contributed by atoms with van der Waals surface area (Å²) < 4.78 is 45.3. The summed E-state index contributed by atoms with van der Waals surface area (Å²) in [5.41, 5.74) is 7.21. The third kappa shape index (κ3) is 7.97. The number of nitrogen functional groups attached to an aromatic ring is 1. The second-order valence-electron chi connectivity index (χ2n) is 15.6. The number of aryl methyl sites for hydroxylation is 2. The zero-order valence-corrected chi connectivity index (χ0v) is 35.0. The van der Waals surface area contributed by atoms with Crippen molar-refractivity contribution in [3.63, 3.8) is 0 Å². The van der Waals surface area contributed by atoms with Crippen LogP contribution in [0.2, 0.25) is 0 Å². The van der Waals surface area contributed by atoms with Crippen LogP contribution in [-0.4, -0.2) is 136 Å². The molecule has 63 heavy (non-hydrogen) atoms. The van der Waals surface area contributed by atoms with Crippen molar-refractivity contribution >= 4 is 55.9 Å². The van der Waals surface area contributed by atoms with Crippen LogP contribution in [0.4, 0.5) is 22.0 Å². The molecule has 10 N–H and O–H groups in total. The lowest BCUT2D eigenvalue weighted by atomic mass is 9.73. The molecule has 3 fully saturated rings. The highest BCUT2D eigenvalue weighted by molar-refractivity contribution is 7.59. The van der Waals surface area contributed by atoms with Gasteiger partial charge in [0.15, 0.2) is 23.2 Å². The second-order valence-corrected chi connectivity index (χ2v) is 18.6. The fraction of sp³-hybridized carbons (Fsp3) is 0.472. The minimum atomic E-state index is -5.91. The largest absolute Gasteiger partial charge is 0.756 e. The number of imidazole rings is 1. The topological polar surface area (TPSA) is 373 Å². The van der Waals surface area contributed by atoms with E-state index in [0.29, 0.717) is 16.9 Å². The van der Waals surface area contributed by atoms with Gasteiger partial charge in [0.1, 0.15) is 60.9 Å². The van der Waals surface area contributed by atoms with Crippen molar-refractivity contribution in [2.24, 2.45) is 0 Å². The lowest BCUT2D eigenvalue weighted by Crippen LogP contribution is -2.81. The van der Waals surface area contributed by atoms with Gasteiger partial charge in [-0.25, -0.2) is 24.1 Å². The molecule has 8 rings (SSSR count). The molecular formula is C36H43N9O16P2-2. The molecule has 4 aliphatic rings. The van der Waals surface area contributed by atoms with E-state index in [2.05, 4.69) is 38.9 Å². The van der Waals surface area contributed by atoms with Gasteiger partial charge in [0.25, 0.3) is 21.6 Å². The number of rotatable bonds is 14. The highest BCUT2D eigenvalue weighted by Crippen LogP contribution is 2.58. The SMILES string of the molecule is Cc1cc2c(cc1C)N1[C@H](O)C[C@H](c3ccccc3)[C@]13C(=O)NC(=O)NC3N2C[C@H](O)[C@H](O)[C@H](O)COP(=O)([O-])OP(=O)([O-])OC[C@H]1O[C@@H](n2cnc3c(N)ncnc32)[C@H](O)[C@@H]1O. The molecule has 27 heteroatoms. The molecule has 0 bridgehead atoms. The fourth-order valence-corrected chi connectivity index (χ4v) is 10.7. The van der Waals surface area contributed by atoms with Crippen LogP contribution in [-0.2, 0) is 32.0 Å². The number of carbonyl (C=O) groups excluding carboxylic acids is 2. The van der Waals surface area contributed by atoms with Gasteiger partial charge in [-0.1, -0.05) is 30.3 Å². The minimum absolute atomic E-state index is 0.0115. The first kappa shape index (κ1) is 44.9. The minimum Gasteiger partial charge on any atom is -0.756 e. The molecular weight excluding hydrogens is 876 g/mol. The van der Waals surface area contributed by atoms with Crippen molar-refractivity contribution in [1.82, 2.24) is 30.2 Å². The number of fused-ring (bicyclic) bond motifs is 3. The molecule has 4 aromatic rings. The summed E-state index contributed by atoms with van der Waals surface area (Å²) in [6.07, 6.45) is -12.9. The molecule has 2 aromatic carbocycles. The molecule has 2 aromatic heterocycles. The number of hydrogen-bond acceptors (Lipinski definition) is 22. The third-order valence-corrected chi connectivity index (χ3v) is 14.3. The maximum Gasteiger partial charge on any atom is 0.323 e. The summed E-state index contributed by atoms with van der Waals surface area (Å²) in [6, 6.07) is 11.4. The maximum atomic E-state index is 14.2. The van der Waals surface area contributed by atoms with Crippen LogP contribution >= 0.6 is 15.6 Å². The Hall–Kier alpha value is -4.69. The molecule has 1 spiro atoms. The predicted octanol–water partition coefficient (Wildman–Crippen LogP) is -2.55. The Kier molecular flexibility index (Phi) is 11.9. The first-order valence-electron chi connectivity index (χ1n) is 19.4. The van der Waals surface area contributed by atoms with Crippen molar-refractivity contribution in [3.8, 4) is 0 Å².